The van der Waals surface area contributed by atoms with Crippen molar-refractivity contribution in [1.82, 2.24) is 9.80 Å². The minimum atomic E-state index is -3.73. The molecule has 2 N–H and O–H groups in total. The first-order valence-corrected chi connectivity index (χ1v) is 12.3. The molecule has 2 heterocycles. The number of carbonyl (C=O) groups excluding carboxylic acids is 1. The number of nitrogens with zero attached hydrogens (tertiary/aromatic N) is 2. The van der Waals surface area contributed by atoms with Crippen molar-refractivity contribution in [2.45, 2.75) is 36.7 Å². The highest BCUT2D eigenvalue weighted by molar-refractivity contribution is 7.89. The van der Waals surface area contributed by atoms with Gasteiger partial charge < -0.3 is 14.4 Å². The van der Waals surface area contributed by atoms with Gasteiger partial charge in [0.15, 0.2) is 11.5 Å². The Kier molecular flexibility index (Phi) is 6.41. The van der Waals surface area contributed by atoms with Gasteiger partial charge in [0.25, 0.3) is 0 Å². The van der Waals surface area contributed by atoms with Gasteiger partial charge >= 0.3 is 0 Å². The number of likely N-dealkylation sites (N-methyl/N-ethyl adjacent to an activating group) is 1. The van der Waals surface area contributed by atoms with Gasteiger partial charge in [-0.15, -0.1) is 0 Å². The Morgan fingerprint density at radius 2 is 1.84 bits per heavy atom. The van der Waals surface area contributed by atoms with Gasteiger partial charge in [-0.3, -0.25) is 9.69 Å². The predicted molar refractivity (Wildman–Crippen MR) is 120 cm³/mol. The fourth-order valence-electron chi connectivity index (χ4n) is 4.31. The molecule has 8 nitrogen and oxygen atoms in total. The summed E-state index contributed by atoms with van der Waals surface area (Å²) in [7, 11) is -1.83. The molecule has 172 valence electrons. The van der Waals surface area contributed by atoms with Crippen molar-refractivity contribution in [2.75, 3.05) is 33.4 Å². The van der Waals surface area contributed by atoms with Crippen LogP contribution in [0.1, 0.15) is 43.0 Å². The number of rotatable bonds is 6. The lowest BCUT2D eigenvalue weighted by Gasteiger charge is -2.30. The number of sulfonamides is 1. The third-order valence-electron chi connectivity index (χ3n) is 6.26. The fourth-order valence-corrected chi connectivity index (χ4v) is 4.83. The summed E-state index contributed by atoms with van der Waals surface area (Å²) in [6.07, 6.45) is 1.87. The largest absolute Gasteiger partial charge is 0.486 e. The number of amides is 1. The summed E-state index contributed by atoms with van der Waals surface area (Å²) < 4.78 is 34.3. The van der Waals surface area contributed by atoms with Gasteiger partial charge in [0, 0.05) is 12.6 Å². The zero-order valence-electron chi connectivity index (χ0n) is 18.4. The molecule has 0 bridgehead atoms. The Hall–Kier alpha value is -2.62. The normalized spacial score (nSPS) is 19.2. The summed E-state index contributed by atoms with van der Waals surface area (Å²) in [5.41, 5.74) is 1.98. The molecule has 2 aromatic carbocycles. The second-order valence-corrected chi connectivity index (χ2v) is 9.91. The van der Waals surface area contributed by atoms with Crippen LogP contribution in [0.15, 0.2) is 47.4 Å². The fraction of sp³-hybridized carbons (Fsp3) is 0.435. The Morgan fingerprint density at radius 1 is 1.16 bits per heavy atom. The van der Waals surface area contributed by atoms with Gasteiger partial charge in [-0.1, -0.05) is 18.2 Å². The Balaban J connectivity index is 1.43. The highest BCUT2D eigenvalue weighted by Gasteiger charge is 2.31. The van der Waals surface area contributed by atoms with E-state index in [2.05, 4.69) is 0 Å². The van der Waals surface area contributed by atoms with E-state index in [0.717, 1.165) is 42.0 Å². The average molecular weight is 460 g/mol. The molecule has 1 saturated heterocycles. The molecule has 0 aromatic heterocycles. The van der Waals surface area contributed by atoms with E-state index in [1.54, 1.807) is 12.1 Å². The number of primary sulfonamides is 1. The van der Waals surface area contributed by atoms with Crippen molar-refractivity contribution in [1.29, 1.82) is 0 Å². The molecule has 2 atom stereocenters. The van der Waals surface area contributed by atoms with Crippen LogP contribution in [0.4, 0.5) is 0 Å². The topological polar surface area (TPSA) is 102 Å². The minimum absolute atomic E-state index is 0.0241. The predicted octanol–water partition coefficient (Wildman–Crippen LogP) is 2.46. The highest BCUT2D eigenvalue weighted by Crippen LogP contribution is 2.38. The number of hydrogen-bond acceptors (Lipinski definition) is 6. The maximum atomic E-state index is 13.2. The van der Waals surface area contributed by atoms with Gasteiger partial charge in [0.2, 0.25) is 15.9 Å². The first-order chi connectivity index (χ1) is 15.2. The maximum Gasteiger partial charge on any atom is 0.238 e. The standard InChI is InChI=1S/C23H29N3O5S/c1-16(17-5-8-19(9-6-17)32(24,28)29)25(2)15-23(27)26-11-3-4-20(26)18-7-10-21-22(14-18)31-13-12-30-21/h5-10,14,16,20H,3-4,11-13,15H2,1-2H3,(H2,24,28,29)/t16-,20+/m1/s1. The van der Waals surface area contributed by atoms with Crippen LogP contribution in [0.5, 0.6) is 11.5 Å². The molecule has 2 aliphatic rings. The van der Waals surface area contributed by atoms with Gasteiger partial charge in [-0.2, -0.15) is 0 Å². The van der Waals surface area contributed by atoms with Crippen LogP contribution < -0.4 is 14.6 Å². The molecular formula is C23H29N3O5S. The van der Waals surface area contributed by atoms with Crippen LogP contribution in [0, 0.1) is 0 Å². The van der Waals surface area contributed by atoms with Crippen LogP contribution in [0.25, 0.3) is 0 Å². The van der Waals surface area contributed by atoms with Gasteiger partial charge in [0.1, 0.15) is 13.2 Å². The van der Waals surface area contributed by atoms with Crippen molar-refractivity contribution in [2.24, 2.45) is 5.14 Å². The first kappa shape index (κ1) is 22.6. The second kappa shape index (κ2) is 9.09. The third-order valence-corrected chi connectivity index (χ3v) is 7.19. The van der Waals surface area contributed by atoms with E-state index in [1.807, 2.05) is 42.0 Å². The van der Waals surface area contributed by atoms with Crippen LogP contribution in [-0.2, 0) is 14.8 Å². The quantitative estimate of drug-likeness (QED) is 0.712. The molecule has 0 unspecified atom stereocenters. The van der Waals surface area contributed by atoms with E-state index in [4.69, 9.17) is 14.6 Å². The molecule has 2 aromatic rings. The molecule has 0 saturated carbocycles. The lowest BCUT2D eigenvalue weighted by Crippen LogP contribution is -2.39. The van der Waals surface area contributed by atoms with Crippen molar-refractivity contribution < 1.29 is 22.7 Å². The lowest BCUT2D eigenvalue weighted by atomic mass is 10.0. The van der Waals surface area contributed by atoms with Crippen LogP contribution >= 0.6 is 0 Å². The number of nitrogens with two attached hydrogens (primary N) is 1. The minimum Gasteiger partial charge on any atom is -0.486 e. The van der Waals surface area contributed by atoms with E-state index < -0.39 is 10.0 Å². The summed E-state index contributed by atoms with van der Waals surface area (Å²) in [6, 6.07) is 12.3. The SMILES string of the molecule is C[C@H](c1ccc(S(N)(=O)=O)cc1)N(C)CC(=O)N1CCC[C@H]1c1ccc2c(c1)OCCO2. The van der Waals surface area contributed by atoms with E-state index in [-0.39, 0.29) is 29.4 Å². The zero-order valence-corrected chi connectivity index (χ0v) is 19.2. The molecule has 32 heavy (non-hydrogen) atoms. The monoisotopic (exact) mass is 459 g/mol. The first-order valence-electron chi connectivity index (χ1n) is 10.8. The third kappa shape index (κ3) is 4.74. The molecule has 1 fully saturated rings. The van der Waals surface area contributed by atoms with Crippen molar-refractivity contribution in [3.8, 4) is 11.5 Å². The number of likely N-dealkylation sites (tertiary alicyclic amines) is 1. The van der Waals surface area contributed by atoms with E-state index in [9.17, 15) is 13.2 Å². The molecule has 0 aliphatic carbocycles. The van der Waals surface area contributed by atoms with Gasteiger partial charge in [-0.05, 0) is 62.2 Å². The highest BCUT2D eigenvalue weighted by atomic mass is 32.2. The van der Waals surface area contributed by atoms with Crippen LogP contribution in [0.3, 0.4) is 0 Å². The molecule has 4 rings (SSSR count). The van der Waals surface area contributed by atoms with E-state index in [0.29, 0.717) is 13.2 Å². The molecule has 0 spiro atoms. The number of carbonyl (C=O) groups is 1. The van der Waals surface area contributed by atoms with E-state index >= 15 is 0 Å². The number of ether oxygens (including phenoxy) is 2. The van der Waals surface area contributed by atoms with E-state index in [1.165, 1.54) is 12.1 Å². The Morgan fingerprint density at radius 3 is 2.53 bits per heavy atom. The number of benzene rings is 2. The van der Waals surface area contributed by atoms with Gasteiger partial charge in [0.05, 0.1) is 17.5 Å². The summed E-state index contributed by atoms with van der Waals surface area (Å²) >= 11 is 0. The average Bonchev–Trinajstić information content (AvgIpc) is 3.28. The second-order valence-electron chi connectivity index (χ2n) is 8.35. The lowest BCUT2D eigenvalue weighted by molar-refractivity contribution is -0.133. The van der Waals surface area contributed by atoms with Crippen molar-refractivity contribution in [3.63, 3.8) is 0 Å². The summed E-state index contributed by atoms with van der Waals surface area (Å²) in [4.78, 5) is 17.2. The molecular weight excluding hydrogens is 430 g/mol. The smallest absolute Gasteiger partial charge is 0.238 e. The van der Waals surface area contributed by atoms with Crippen molar-refractivity contribution >= 4 is 15.9 Å². The van der Waals surface area contributed by atoms with Crippen molar-refractivity contribution in [3.05, 3.63) is 53.6 Å². The molecule has 1 amide bonds. The molecule has 9 heteroatoms. The summed E-state index contributed by atoms with van der Waals surface area (Å²) in [6.45, 7) is 4.06. The number of fused-ring (bicyclic) bond motifs is 1. The Labute approximate surface area is 189 Å². The van der Waals surface area contributed by atoms with Gasteiger partial charge in [-0.25, -0.2) is 13.6 Å². The van der Waals surface area contributed by atoms with Crippen LogP contribution in [0.2, 0.25) is 0 Å². The molecule has 2 aliphatic heterocycles. The zero-order chi connectivity index (χ0) is 22.9. The summed E-state index contributed by atoms with van der Waals surface area (Å²) in [5.74, 6) is 1.55. The van der Waals surface area contributed by atoms with Crippen LogP contribution in [-0.4, -0.2) is 57.5 Å². The molecule has 0 radical (unpaired) electrons. The summed E-state index contributed by atoms with van der Waals surface area (Å²) in [5, 5.41) is 5.17. The number of hydrogen-bond donors (Lipinski definition) is 1. The Bertz CT molecular complexity index is 1090. The maximum absolute atomic E-state index is 13.2.